The van der Waals surface area contributed by atoms with Crippen molar-refractivity contribution in [1.29, 1.82) is 0 Å². The minimum Gasteiger partial charge on any atom is -0.298 e. The molecule has 9 rings (SSSR count). The summed E-state index contributed by atoms with van der Waals surface area (Å²) in [7, 11) is 0. The molecule has 2 nitrogen and oxygen atoms in total. The maximum Gasteiger partial charge on any atom is 0.156 e. The van der Waals surface area contributed by atoms with E-state index in [2.05, 4.69) is 126 Å². The number of pyridine rings is 1. The van der Waals surface area contributed by atoms with Gasteiger partial charge in [0.1, 0.15) is 0 Å². The summed E-state index contributed by atoms with van der Waals surface area (Å²) < 4.78 is 4.85. The molecule has 0 radical (unpaired) electrons. The quantitative estimate of drug-likeness (QED) is 0.205. The summed E-state index contributed by atoms with van der Waals surface area (Å²) in [6.07, 6.45) is 2.22. The molecule has 0 N–H and O–H groups in total. The third kappa shape index (κ3) is 2.69. The SMILES string of the molecule is c1ccc(-c2cc3cc4ccccc4cc3c3nc4c5sc6ccc7ccccc7c6c5ccn4c23)cc1. The van der Waals surface area contributed by atoms with E-state index in [1.807, 2.05) is 11.3 Å². The summed E-state index contributed by atoms with van der Waals surface area (Å²) in [5, 5.41) is 10.1. The Labute approximate surface area is 222 Å². The Hall–Kier alpha value is -4.73. The predicted molar refractivity (Wildman–Crippen MR) is 164 cm³/mol. The first kappa shape index (κ1) is 20.3. The van der Waals surface area contributed by atoms with Crippen LogP contribution >= 0.6 is 11.3 Å². The summed E-state index contributed by atoms with van der Waals surface area (Å²) in [5.41, 5.74) is 5.67. The third-order valence-corrected chi connectivity index (χ3v) is 9.10. The van der Waals surface area contributed by atoms with Crippen molar-refractivity contribution in [3.63, 3.8) is 0 Å². The van der Waals surface area contributed by atoms with Gasteiger partial charge in [-0.1, -0.05) is 84.9 Å². The standard InChI is InChI=1S/C35H20N2S/c1-2-8-21(9-3-1)29-20-25-18-23-11-4-5-12-24(23)19-28(25)32-33(29)37-17-16-27-31-26-13-7-6-10-22(26)14-15-30(31)38-34(27)35(37)36-32/h1-20H. The molecule has 0 saturated carbocycles. The number of benzene rings is 6. The van der Waals surface area contributed by atoms with E-state index in [4.69, 9.17) is 4.98 Å². The molecule has 0 aliphatic heterocycles. The smallest absolute Gasteiger partial charge is 0.156 e. The van der Waals surface area contributed by atoms with Crippen LogP contribution in [-0.2, 0) is 0 Å². The highest BCUT2D eigenvalue weighted by Crippen LogP contribution is 2.43. The predicted octanol–water partition coefficient (Wildman–Crippen LogP) is 9.98. The van der Waals surface area contributed by atoms with Crippen LogP contribution in [0.1, 0.15) is 0 Å². The van der Waals surface area contributed by atoms with Crippen LogP contribution in [0.15, 0.2) is 121 Å². The number of imidazole rings is 1. The second kappa shape index (κ2) is 7.41. The van der Waals surface area contributed by atoms with E-state index in [1.165, 1.54) is 63.6 Å². The van der Waals surface area contributed by atoms with Crippen molar-refractivity contribution in [2.45, 2.75) is 0 Å². The van der Waals surface area contributed by atoms with E-state index in [1.54, 1.807) is 0 Å². The molecule has 0 spiro atoms. The lowest BCUT2D eigenvalue weighted by atomic mass is 9.96. The molecule has 0 atom stereocenters. The van der Waals surface area contributed by atoms with E-state index in [0.29, 0.717) is 0 Å². The molecule has 0 saturated heterocycles. The van der Waals surface area contributed by atoms with Gasteiger partial charge in [0.05, 0.1) is 15.7 Å². The Morgan fingerprint density at radius 2 is 1.34 bits per heavy atom. The monoisotopic (exact) mass is 500 g/mol. The van der Waals surface area contributed by atoms with Crippen molar-refractivity contribution in [1.82, 2.24) is 9.38 Å². The largest absolute Gasteiger partial charge is 0.298 e. The van der Waals surface area contributed by atoms with E-state index in [9.17, 15) is 0 Å². The minimum absolute atomic E-state index is 1.03. The van der Waals surface area contributed by atoms with Crippen LogP contribution in [0.4, 0.5) is 0 Å². The van der Waals surface area contributed by atoms with Crippen molar-refractivity contribution in [2.24, 2.45) is 0 Å². The number of nitrogens with zero attached hydrogens (tertiary/aromatic N) is 2. The van der Waals surface area contributed by atoms with Gasteiger partial charge < -0.3 is 0 Å². The first-order valence-electron chi connectivity index (χ1n) is 12.9. The number of aromatic nitrogens is 2. The van der Waals surface area contributed by atoms with Gasteiger partial charge in [0, 0.05) is 32.6 Å². The van der Waals surface area contributed by atoms with Crippen molar-refractivity contribution in [3.8, 4) is 11.1 Å². The fourth-order valence-corrected chi connectivity index (χ4v) is 7.39. The molecule has 0 aliphatic carbocycles. The van der Waals surface area contributed by atoms with Gasteiger partial charge in [-0.3, -0.25) is 4.40 Å². The molecule has 176 valence electrons. The average Bonchev–Trinajstić information content (AvgIpc) is 3.56. The van der Waals surface area contributed by atoms with Crippen molar-refractivity contribution >= 4 is 80.5 Å². The normalized spacial score (nSPS) is 12.2. The van der Waals surface area contributed by atoms with Crippen molar-refractivity contribution < 1.29 is 0 Å². The number of thiophene rings is 1. The number of hydrogen-bond acceptors (Lipinski definition) is 2. The molecule has 0 aliphatic rings. The van der Waals surface area contributed by atoms with Gasteiger partial charge in [-0.2, -0.15) is 0 Å². The van der Waals surface area contributed by atoms with Crippen LogP contribution < -0.4 is 0 Å². The number of fused-ring (bicyclic) bond motifs is 12. The molecule has 0 amide bonds. The lowest BCUT2D eigenvalue weighted by Gasteiger charge is -2.10. The second-order valence-electron chi connectivity index (χ2n) is 10.0. The zero-order chi connectivity index (χ0) is 24.8. The molecule has 0 unspecified atom stereocenters. The zero-order valence-corrected chi connectivity index (χ0v) is 21.2. The fraction of sp³-hybridized carbons (Fsp3) is 0. The van der Waals surface area contributed by atoms with Crippen LogP contribution in [0.3, 0.4) is 0 Å². The molecule has 0 fully saturated rings. The van der Waals surface area contributed by atoms with Gasteiger partial charge in [-0.25, -0.2) is 4.98 Å². The van der Waals surface area contributed by atoms with Crippen molar-refractivity contribution in [2.75, 3.05) is 0 Å². The van der Waals surface area contributed by atoms with Crippen LogP contribution in [0, 0.1) is 0 Å². The summed E-state index contributed by atoms with van der Waals surface area (Å²) in [6.45, 7) is 0. The highest BCUT2D eigenvalue weighted by Gasteiger charge is 2.19. The lowest BCUT2D eigenvalue weighted by molar-refractivity contribution is 1.25. The summed E-state index contributed by atoms with van der Waals surface area (Å²) in [4.78, 5) is 5.41. The average molecular weight is 501 g/mol. The molecule has 38 heavy (non-hydrogen) atoms. The third-order valence-electron chi connectivity index (χ3n) is 7.93. The topological polar surface area (TPSA) is 17.3 Å². The Balaban J connectivity index is 1.50. The molecular formula is C35H20N2S. The Kier molecular flexibility index (Phi) is 3.96. The molecule has 3 aromatic heterocycles. The maximum atomic E-state index is 5.41. The number of rotatable bonds is 1. The van der Waals surface area contributed by atoms with Crippen LogP contribution in [0.5, 0.6) is 0 Å². The van der Waals surface area contributed by atoms with Gasteiger partial charge in [0.15, 0.2) is 5.65 Å². The van der Waals surface area contributed by atoms with Crippen LogP contribution in [0.25, 0.3) is 80.3 Å². The first-order valence-corrected chi connectivity index (χ1v) is 13.7. The summed E-state index contributed by atoms with van der Waals surface area (Å²) in [6, 6.07) is 41.7. The Bertz CT molecular complexity index is 2390. The van der Waals surface area contributed by atoms with Gasteiger partial charge >= 0.3 is 0 Å². The molecular weight excluding hydrogens is 480 g/mol. The lowest BCUT2D eigenvalue weighted by Crippen LogP contribution is -1.88. The van der Waals surface area contributed by atoms with E-state index < -0.39 is 0 Å². The van der Waals surface area contributed by atoms with Crippen molar-refractivity contribution in [3.05, 3.63) is 121 Å². The van der Waals surface area contributed by atoms with Gasteiger partial charge in [0.25, 0.3) is 0 Å². The molecule has 9 aromatic rings. The molecule has 0 bridgehead atoms. The molecule has 3 heterocycles. The highest BCUT2D eigenvalue weighted by molar-refractivity contribution is 7.26. The molecule has 6 aromatic carbocycles. The van der Waals surface area contributed by atoms with Crippen LogP contribution in [-0.4, -0.2) is 9.38 Å². The van der Waals surface area contributed by atoms with E-state index in [-0.39, 0.29) is 0 Å². The highest BCUT2D eigenvalue weighted by atomic mass is 32.1. The Morgan fingerprint density at radius 3 is 2.21 bits per heavy atom. The maximum absolute atomic E-state index is 5.41. The van der Waals surface area contributed by atoms with Gasteiger partial charge in [-0.15, -0.1) is 11.3 Å². The fourth-order valence-electron chi connectivity index (χ4n) is 6.19. The molecule has 3 heteroatoms. The van der Waals surface area contributed by atoms with Crippen LogP contribution in [0.2, 0.25) is 0 Å². The first-order chi connectivity index (χ1) is 18.8. The summed E-state index contributed by atoms with van der Waals surface area (Å²) in [5.74, 6) is 0. The van der Waals surface area contributed by atoms with E-state index >= 15 is 0 Å². The summed E-state index contributed by atoms with van der Waals surface area (Å²) >= 11 is 1.85. The minimum atomic E-state index is 1.03. The Morgan fingerprint density at radius 1 is 0.579 bits per heavy atom. The zero-order valence-electron chi connectivity index (χ0n) is 20.3. The van der Waals surface area contributed by atoms with Gasteiger partial charge in [-0.05, 0) is 62.8 Å². The number of hydrogen-bond donors (Lipinski definition) is 0. The second-order valence-corrected chi connectivity index (χ2v) is 11.1. The van der Waals surface area contributed by atoms with Gasteiger partial charge in [0.2, 0.25) is 0 Å². The van der Waals surface area contributed by atoms with E-state index in [0.717, 1.165) is 16.7 Å².